The van der Waals surface area contributed by atoms with E-state index < -0.39 is 30.6 Å². The van der Waals surface area contributed by atoms with Crippen LogP contribution in [0.15, 0.2) is 45.3 Å². The van der Waals surface area contributed by atoms with Gasteiger partial charge in [-0.15, -0.1) is 0 Å². The Labute approximate surface area is 150 Å². The number of nitrogens with two attached hydrogens (primary N) is 1. The number of aliphatic imine (C=N–C) groups is 3. The van der Waals surface area contributed by atoms with Crippen molar-refractivity contribution in [1.82, 2.24) is 4.90 Å². The van der Waals surface area contributed by atoms with Gasteiger partial charge in [0.25, 0.3) is 0 Å². The number of fused-ring (bicyclic) bond motifs is 1. The number of rotatable bonds is 4. The number of guanidine groups is 1. The van der Waals surface area contributed by atoms with Crippen molar-refractivity contribution in [2.24, 2.45) is 20.7 Å². The summed E-state index contributed by atoms with van der Waals surface area (Å²) in [5.74, 6) is 0.518. The van der Waals surface area contributed by atoms with Gasteiger partial charge in [-0.25, -0.2) is 4.99 Å². The van der Waals surface area contributed by atoms with Crippen molar-refractivity contribution in [1.29, 1.82) is 0 Å². The first-order valence-corrected chi connectivity index (χ1v) is 8.49. The maximum absolute atomic E-state index is 9.96. The van der Waals surface area contributed by atoms with E-state index in [0.717, 1.165) is 5.56 Å². The Morgan fingerprint density at radius 2 is 2.12 bits per heavy atom. The first kappa shape index (κ1) is 17.0. The largest absolute Gasteiger partial charge is 0.474 e. The molecule has 5 atom stereocenters. The molecule has 1 aromatic rings. The number of aliphatic hydroxyl groups excluding tert-OH is 2. The first-order chi connectivity index (χ1) is 12.7. The summed E-state index contributed by atoms with van der Waals surface area (Å²) in [4.78, 5) is 14.8. The molecule has 1 saturated heterocycles. The monoisotopic (exact) mass is 359 g/mol. The van der Waals surface area contributed by atoms with E-state index in [1.54, 1.807) is 11.2 Å². The van der Waals surface area contributed by atoms with Crippen LogP contribution in [0.1, 0.15) is 12.0 Å². The highest BCUT2D eigenvalue weighted by molar-refractivity contribution is 5.99. The fraction of sp³-hybridized carbons (Fsp3) is 0.471. The summed E-state index contributed by atoms with van der Waals surface area (Å²) >= 11 is 0. The molecule has 2 unspecified atom stereocenters. The van der Waals surface area contributed by atoms with Crippen LogP contribution in [0.4, 0.5) is 0 Å². The summed E-state index contributed by atoms with van der Waals surface area (Å²) < 4.78 is 11.5. The lowest BCUT2D eigenvalue weighted by Gasteiger charge is -2.31. The number of hydrogen-bond donors (Lipinski definition) is 3. The Morgan fingerprint density at radius 3 is 2.85 bits per heavy atom. The molecular formula is C17H21N5O4. The summed E-state index contributed by atoms with van der Waals surface area (Å²) in [5.41, 5.74) is 6.88. The molecule has 9 heteroatoms. The molecule has 0 saturated carbocycles. The third-order valence-electron chi connectivity index (χ3n) is 4.64. The molecule has 3 aliphatic rings. The standard InChI is InChI=1S/C17H21N5O4/c18-17-20-15-14(16(21-17)25-8-10-4-2-1-3-5-10)19-9-22(15)13-6-11(24)12(7-23)26-13/h1-5,9,11-15,23-24H,6-8H2,(H2,18,20)/t11-,12+,13+,14?,15?/m0/s1. The zero-order valence-corrected chi connectivity index (χ0v) is 14.0. The molecule has 1 aromatic carbocycles. The summed E-state index contributed by atoms with van der Waals surface area (Å²) in [6, 6.07) is 9.33. The van der Waals surface area contributed by atoms with Gasteiger partial charge in [0.05, 0.1) is 19.0 Å². The summed E-state index contributed by atoms with van der Waals surface area (Å²) in [7, 11) is 0. The Morgan fingerprint density at radius 1 is 1.31 bits per heavy atom. The minimum absolute atomic E-state index is 0.113. The Bertz CT molecular complexity index is 738. The average molecular weight is 359 g/mol. The van der Waals surface area contributed by atoms with Gasteiger partial charge >= 0.3 is 0 Å². The number of ether oxygens (including phenoxy) is 2. The lowest BCUT2D eigenvalue weighted by molar-refractivity contribution is -0.0632. The van der Waals surface area contributed by atoms with Crippen molar-refractivity contribution in [3.05, 3.63) is 35.9 Å². The second-order valence-electron chi connectivity index (χ2n) is 6.40. The normalized spacial score (nSPS) is 33.0. The van der Waals surface area contributed by atoms with Gasteiger partial charge in [-0.3, -0.25) is 4.99 Å². The second kappa shape index (κ2) is 7.02. The van der Waals surface area contributed by atoms with Gasteiger partial charge in [-0.2, -0.15) is 4.99 Å². The molecule has 3 aliphatic heterocycles. The van der Waals surface area contributed by atoms with Crippen LogP contribution in [0.2, 0.25) is 0 Å². The summed E-state index contributed by atoms with van der Waals surface area (Å²) in [5, 5.41) is 19.2. The van der Waals surface area contributed by atoms with Crippen LogP contribution in [0.3, 0.4) is 0 Å². The molecule has 26 heavy (non-hydrogen) atoms. The molecule has 4 N–H and O–H groups in total. The van der Waals surface area contributed by atoms with Gasteiger partial charge in [0.15, 0.2) is 12.2 Å². The van der Waals surface area contributed by atoms with Crippen LogP contribution in [-0.4, -0.2) is 70.6 Å². The fourth-order valence-electron chi connectivity index (χ4n) is 3.29. The second-order valence-corrected chi connectivity index (χ2v) is 6.40. The maximum atomic E-state index is 9.96. The van der Waals surface area contributed by atoms with Gasteiger partial charge in [-0.1, -0.05) is 30.3 Å². The van der Waals surface area contributed by atoms with E-state index >= 15 is 0 Å². The number of benzene rings is 1. The van der Waals surface area contributed by atoms with E-state index in [4.69, 9.17) is 15.2 Å². The molecule has 4 rings (SSSR count). The van der Waals surface area contributed by atoms with Gasteiger partial charge in [0.1, 0.15) is 18.9 Å². The van der Waals surface area contributed by atoms with E-state index in [0.29, 0.717) is 18.9 Å². The molecule has 3 heterocycles. The Balaban J connectivity index is 1.46. The van der Waals surface area contributed by atoms with Crippen LogP contribution < -0.4 is 5.73 Å². The molecule has 0 amide bonds. The van der Waals surface area contributed by atoms with E-state index in [9.17, 15) is 10.2 Å². The smallest absolute Gasteiger partial charge is 0.221 e. The zero-order valence-electron chi connectivity index (χ0n) is 14.0. The highest BCUT2D eigenvalue weighted by Crippen LogP contribution is 2.30. The molecule has 0 aliphatic carbocycles. The third kappa shape index (κ3) is 3.16. The minimum atomic E-state index is -0.732. The van der Waals surface area contributed by atoms with Crippen LogP contribution in [0, 0.1) is 0 Å². The van der Waals surface area contributed by atoms with Crippen LogP contribution in [0.25, 0.3) is 0 Å². The van der Waals surface area contributed by atoms with Crippen molar-refractivity contribution in [2.45, 2.75) is 43.7 Å². The zero-order chi connectivity index (χ0) is 18.1. The predicted octanol–water partition coefficient (Wildman–Crippen LogP) is -0.563. The molecule has 9 nitrogen and oxygen atoms in total. The van der Waals surface area contributed by atoms with E-state index in [2.05, 4.69) is 15.0 Å². The van der Waals surface area contributed by atoms with E-state index in [1.807, 2.05) is 30.3 Å². The summed E-state index contributed by atoms with van der Waals surface area (Å²) in [6.45, 7) is 0.117. The summed E-state index contributed by atoms with van der Waals surface area (Å²) in [6.07, 6.45) is -0.244. The molecule has 1 fully saturated rings. The first-order valence-electron chi connectivity index (χ1n) is 8.49. The Kier molecular flexibility index (Phi) is 4.58. The van der Waals surface area contributed by atoms with Crippen molar-refractivity contribution in [3.63, 3.8) is 0 Å². The topological polar surface area (TPSA) is 125 Å². The molecule has 0 aromatic heterocycles. The number of nitrogens with zero attached hydrogens (tertiary/aromatic N) is 4. The van der Waals surface area contributed by atoms with E-state index in [-0.39, 0.29) is 12.6 Å². The SMILES string of the molecule is NC1=NC2C(N=CN2[C@H]2C[C@H](O)[C@@H](CO)O2)C(OCc2ccccc2)=N1. The quantitative estimate of drug-likeness (QED) is 0.662. The molecule has 0 spiro atoms. The van der Waals surface area contributed by atoms with Gasteiger partial charge in [0, 0.05) is 6.42 Å². The third-order valence-corrected chi connectivity index (χ3v) is 4.64. The van der Waals surface area contributed by atoms with Gasteiger partial charge in [-0.05, 0) is 5.56 Å². The number of hydrogen-bond acceptors (Lipinski definition) is 9. The average Bonchev–Trinajstić information content (AvgIpc) is 3.23. The van der Waals surface area contributed by atoms with E-state index in [1.165, 1.54) is 0 Å². The lowest BCUT2D eigenvalue weighted by atomic mass is 10.1. The molecule has 0 bridgehead atoms. The molecular weight excluding hydrogens is 338 g/mol. The van der Waals surface area contributed by atoms with Crippen LogP contribution >= 0.6 is 0 Å². The highest BCUT2D eigenvalue weighted by Gasteiger charge is 2.45. The Hall–Kier alpha value is -2.49. The molecule has 0 radical (unpaired) electrons. The maximum Gasteiger partial charge on any atom is 0.221 e. The van der Waals surface area contributed by atoms with Crippen LogP contribution in [0.5, 0.6) is 0 Å². The van der Waals surface area contributed by atoms with Crippen molar-refractivity contribution in [3.8, 4) is 0 Å². The predicted molar refractivity (Wildman–Crippen MR) is 94.6 cm³/mol. The van der Waals surface area contributed by atoms with Gasteiger partial charge < -0.3 is 30.3 Å². The van der Waals surface area contributed by atoms with Crippen LogP contribution in [-0.2, 0) is 16.1 Å². The van der Waals surface area contributed by atoms with Crippen molar-refractivity contribution in [2.75, 3.05) is 6.61 Å². The van der Waals surface area contributed by atoms with Crippen molar-refractivity contribution >= 4 is 18.2 Å². The van der Waals surface area contributed by atoms with Gasteiger partial charge in [0.2, 0.25) is 11.9 Å². The van der Waals surface area contributed by atoms with Crippen molar-refractivity contribution < 1.29 is 19.7 Å². The minimum Gasteiger partial charge on any atom is -0.474 e. The highest BCUT2D eigenvalue weighted by atomic mass is 16.5. The number of aliphatic hydroxyl groups is 2. The lowest BCUT2D eigenvalue weighted by Crippen LogP contribution is -2.48. The molecule has 138 valence electrons. The fourth-order valence-corrected chi connectivity index (χ4v) is 3.29.